The maximum absolute atomic E-state index is 12.3. The van der Waals surface area contributed by atoms with Gasteiger partial charge in [-0.15, -0.1) is 0 Å². The van der Waals surface area contributed by atoms with Crippen LogP contribution in [0.2, 0.25) is 0 Å². The molecule has 0 spiro atoms. The van der Waals surface area contributed by atoms with Gasteiger partial charge in [-0.3, -0.25) is 4.79 Å². The summed E-state index contributed by atoms with van der Waals surface area (Å²) in [7, 11) is 0. The molecule has 1 aromatic rings. The molecule has 1 heterocycles. The van der Waals surface area contributed by atoms with Crippen LogP contribution in [0.4, 0.5) is 4.79 Å². The lowest BCUT2D eigenvalue weighted by atomic mass is 10.0. The van der Waals surface area contributed by atoms with Crippen molar-refractivity contribution < 1.29 is 19.1 Å². The smallest absolute Gasteiger partial charge is 0.410 e. The van der Waals surface area contributed by atoms with Crippen molar-refractivity contribution in [3.63, 3.8) is 0 Å². The van der Waals surface area contributed by atoms with Crippen LogP contribution in [0.3, 0.4) is 0 Å². The normalized spacial score (nSPS) is 17.6. The standard InChI is InChI=1S/C18H25NO4/c1-2-8-17(20)22-14-16-11-6-7-12-19(16)18(21)23-13-15-9-4-3-5-10-15/h3-5,9-10,16H,2,6-8,11-14H2,1H3/t16-/m1/s1. The SMILES string of the molecule is CCCC(=O)OC[C@H]1CCCCN1C(=O)OCc1ccccc1. The molecule has 0 unspecified atom stereocenters. The fraction of sp³-hybridized carbons (Fsp3) is 0.556. The Hall–Kier alpha value is -2.04. The molecule has 5 heteroatoms. The average molecular weight is 319 g/mol. The lowest BCUT2D eigenvalue weighted by Gasteiger charge is -2.34. The highest BCUT2D eigenvalue weighted by Crippen LogP contribution is 2.19. The number of rotatable bonds is 6. The minimum absolute atomic E-state index is 0.0761. The molecule has 1 saturated heterocycles. The summed E-state index contributed by atoms with van der Waals surface area (Å²) in [6.07, 6.45) is 3.71. The second kappa shape index (κ2) is 9.18. The summed E-state index contributed by atoms with van der Waals surface area (Å²) in [5.74, 6) is -0.198. The van der Waals surface area contributed by atoms with Gasteiger partial charge in [0.1, 0.15) is 13.2 Å². The molecular weight excluding hydrogens is 294 g/mol. The Morgan fingerprint density at radius 1 is 1.17 bits per heavy atom. The van der Waals surface area contributed by atoms with E-state index in [1.54, 1.807) is 4.90 Å². The van der Waals surface area contributed by atoms with Crippen LogP contribution >= 0.6 is 0 Å². The molecule has 0 aliphatic carbocycles. The zero-order chi connectivity index (χ0) is 16.5. The van der Waals surface area contributed by atoms with Crippen LogP contribution in [0.5, 0.6) is 0 Å². The number of esters is 1. The van der Waals surface area contributed by atoms with Crippen molar-refractivity contribution in [1.82, 2.24) is 4.90 Å². The van der Waals surface area contributed by atoms with Gasteiger partial charge in [0.15, 0.2) is 0 Å². The van der Waals surface area contributed by atoms with Gasteiger partial charge in [0.2, 0.25) is 0 Å². The Morgan fingerprint density at radius 3 is 2.70 bits per heavy atom. The Balaban J connectivity index is 1.84. The van der Waals surface area contributed by atoms with Gasteiger partial charge in [0.25, 0.3) is 0 Å². The summed E-state index contributed by atoms with van der Waals surface area (Å²) >= 11 is 0. The first-order valence-corrected chi connectivity index (χ1v) is 8.33. The Labute approximate surface area is 137 Å². The molecule has 0 bridgehead atoms. The van der Waals surface area contributed by atoms with E-state index in [0.29, 0.717) is 13.0 Å². The highest BCUT2D eigenvalue weighted by atomic mass is 16.6. The number of piperidine rings is 1. The van der Waals surface area contributed by atoms with Gasteiger partial charge in [0.05, 0.1) is 6.04 Å². The van der Waals surface area contributed by atoms with Crippen molar-refractivity contribution in [1.29, 1.82) is 0 Å². The van der Waals surface area contributed by atoms with E-state index in [0.717, 1.165) is 31.2 Å². The summed E-state index contributed by atoms with van der Waals surface area (Å²) < 4.78 is 10.7. The Bertz CT molecular complexity index is 503. The largest absolute Gasteiger partial charge is 0.463 e. The Morgan fingerprint density at radius 2 is 1.96 bits per heavy atom. The molecule has 1 atom stereocenters. The molecule has 1 aliphatic rings. The summed E-state index contributed by atoms with van der Waals surface area (Å²) in [5.41, 5.74) is 0.962. The zero-order valence-corrected chi connectivity index (χ0v) is 13.7. The third-order valence-electron chi connectivity index (χ3n) is 3.96. The first kappa shape index (κ1) is 17.3. The lowest BCUT2D eigenvalue weighted by molar-refractivity contribution is -0.145. The number of carbonyl (C=O) groups is 2. The molecule has 1 amide bonds. The van der Waals surface area contributed by atoms with Crippen molar-refractivity contribution in [2.24, 2.45) is 0 Å². The van der Waals surface area contributed by atoms with E-state index in [9.17, 15) is 9.59 Å². The monoisotopic (exact) mass is 319 g/mol. The van der Waals surface area contributed by atoms with Gasteiger partial charge in [0, 0.05) is 13.0 Å². The van der Waals surface area contributed by atoms with Gasteiger partial charge in [-0.25, -0.2) is 4.79 Å². The number of hydrogen-bond donors (Lipinski definition) is 0. The van der Waals surface area contributed by atoms with Crippen LogP contribution in [-0.4, -0.2) is 36.2 Å². The Kier molecular flexibility index (Phi) is 6.91. The quantitative estimate of drug-likeness (QED) is 0.753. The van der Waals surface area contributed by atoms with Gasteiger partial charge in [-0.2, -0.15) is 0 Å². The van der Waals surface area contributed by atoms with Gasteiger partial charge in [-0.05, 0) is 31.2 Å². The molecule has 126 valence electrons. The predicted octanol–water partition coefficient (Wildman–Crippen LogP) is 3.52. The fourth-order valence-electron chi connectivity index (χ4n) is 2.68. The van der Waals surface area contributed by atoms with Crippen molar-refractivity contribution >= 4 is 12.1 Å². The lowest BCUT2D eigenvalue weighted by Crippen LogP contribution is -2.46. The van der Waals surface area contributed by atoms with Crippen molar-refractivity contribution in [2.45, 2.75) is 51.7 Å². The zero-order valence-electron chi connectivity index (χ0n) is 13.7. The number of amides is 1. The molecule has 1 aliphatic heterocycles. The van der Waals surface area contributed by atoms with E-state index in [4.69, 9.17) is 9.47 Å². The number of likely N-dealkylation sites (tertiary alicyclic amines) is 1. The molecule has 5 nitrogen and oxygen atoms in total. The topological polar surface area (TPSA) is 55.8 Å². The van der Waals surface area contributed by atoms with Gasteiger partial charge >= 0.3 is 12.1 Å². The van der Waals surface area contributed by atoms with Crippen molar-refractivity contribution in [2.75, 3.05) is 13.2 Å². The van der Waals surface area contributed by atoms with E-state index in [-0.39, 0.29) is 31.3 Å². The van der Waals surface area contributed by atoms with Crippen LogP contribution in [0.15, 0.2) is 30.3 Å². The number of ether oxygens (including phenoxy) is 2. The van der Waals surface area contributed by atoms with Crippen LogP contribution in [0.1, 0.15) is 44.6 Å². The molecule has 1 aromatic carbocycles. The molecule has 0 saturated carbocycles. The number of nitrogens with zero attached hydrogens (tertiary/aromatic N) is 1. The van der Waals surface area contributed by atoms with Crippen molar-refractivity contribution in [3.8, 4) is 0 Å². The fourth-order valence-corrected chi connectivity index (χ4v) is 2.68. The molecule has 23 heavy (non-hydrogen) atoms. The summed E-state index contributed by atoms with van der Waals surface area (Å²) in [6.45, 7) is 3.12. The molecule has 1 fully saturated rings. The van der Waals surface area contributed by atoms with E-state index >= 15 is 0 Å². The van der Waals surface area contributed by atoms with Crippen LogP contribution in [0.25, 0.3) is 0 Å². The molecule has 2 rings (SSSR count). The second-order valence-corrected chi connectivity index (χ2v) is 5.82. The number of benzene rings is 1. The molecule has 0 aromatic heterocycles. The van der Waals surface area contributed by atoms with E-state index in [1.807, 2.05) is 37.3 Å². The van der Waals surface area contributed by atoms with E-state index in [2.05, 4.69) is 0 Å². The highest BCUT2D eigenvalue weighted by molar-refractivity contribution is 5.70. The van der Waals surface area contributed by atoms with Crippen LogP contribution in [-0.2, 0) is 20.9 Å². The van der Waals surface area contributed by atoms with Crippen molar-refractivity contribution in [3.05, 3.63) is 35.9 Å². The van der Waals surface area contributed by atoms with Gasteiger partial charge in [-0.1, -0.05) is 37.3 Å². The maximum atomic E-state index is 12.3. The molecule has 0 N–H and O–H groups in total. The number of carbonyl (C=O) groups excluding carboxylic acids is 2. The van der Waals surface area contributed by atoms with E-state index < -0.39 is 0 Å². The summed E-state index contributed by atoms with van der Waals surface area (Å²) in [4.78, 5) is 25.5. The minimum atomic E-state index is -0.329. The molecule has 0 radical (unpaired) electrons. The summed E-state index contributed by atoms with van der Waals surface area (Å²) in [5, 5.41) is 0. The summed E-state index contributed by atoms with van der Waals surface area (Å²) in [6, 6.07) is 9.53. The van der Waals surface area contributed by atoms with E-state index in [1.165, 1.54) is 0 Å². The van der Waals surface area contributed by atoms with Gasteiger partial charge < -0.3 is 14.4 Å². The predicted molar refractivity (Wildman–Crippen MR) is 86.8 cm³/mol. The third-order valence-corrected chi connectivity index (χ3v) is 3.96. The third kappa shape index (κ3) is 5.58. The highest BCUT2D eigenvalue weighted by Gasteiger charge is 2.28. The average Bonchev–Trinajstić information content (AvgIpc) is 2.59. The minimum Gasteiger partial charge on any atom is -0.463 e. The van der Waals surface area contributed by atoms with Crippen LogP contribution in [0, 0.1) is 0 Å². The first-order valence-electron chi connectivity index (χ1n) is 8.33. The maximum Gasteiger partial charge on any atom is 0.410 e. The number of hydrogen-bond acceptors (Lipinski definition) is 4. The second-order valence-electron chi connectivity index (χ2n) is 5.82. The van der Waals surface area contributed by atoms with Crippen LogP contribution < -0.4 is 0 Å². The first-order chi connectivity index (χ1) is 11.2. The molecular formula is C18H25NO4.